The van der Waals surface area contributed by atoms with Gasteiger partial charge in [-0.15, -0.1) is 0 Å². The van der Waals surface area contributed by atoms with E-state index in [-0.39, 0.29) is 11.9 Å². The quantitative estimate of drug-likeness (QED) is 0.900. The molecule has 2 aliphatic rings. The van der Waals surface area contributed by atoms with Gasteiger partial charge in [0.1, 0.15) is 0 Å². The lowest BCUT2D eigenvalue weighted by Gasteiger charge is -2.38. The van der Waals surface area contributed by atoms with Crippen LogP contribution in [0, 0.1) is 0 Å². The third kappa shape index (κ3) is 4.38. The smallest absolute Gasteiger partial charge is 0.227 e. The molecule has 4 nitrogen and oxygen atoms in total. The summed E-state index contributed by atoms with van der Waals surface area (Å²) in [5, 5.41) is 4.45. The number of hydrogen-bond donors (Lipinski definition) is 1. The fourth-order valence-electron chi connectivity index (χ4n) is 3.44. The van der Waals surface area contributed by atoms with Crippen molar-refractivity contribution in [3.05, 3.63) is 33.8 Å². The highest BCUT2D eigenvalue weighted by Crippen LogP contribution is 2.23. The van der Waals surface area contributed by atoms with E-state index in [1.807, 2.05) is 11.0 Å². The topological polar surface area (TPSA) is 35.6 Å². The molecule has 0 aromatic heterocycles. The maximum Gasteiger partial charge on any atom is 0.227 e. The van der Waals surface area contributed by atoms with Gasteiger partial charge < -0.3 is 15.1 Å². The Hall–Kier alpha value is -0.810. The summed E-state index contributed by atoms with van der Waals surface area (Å²) in [5.74, 6) is 0.175. The summed E-state index contributed by atoms with van der Waals surface area (Å²) >= 11 is 12.0. The summed E-state index contributed by atoms with van der Waals surface area (Å²) in [4.78, 5) is 17.3. The molecule has 1 unspecified atom stereocenters. The molecule has 0 saturated carbocycles. The van der Waals surface area contributed by atoms with Crippen LogP contribution in [0.4, 0.5) is 0 Å². The standard InChI is InChI=1S/C17H23Cl2N3O/c18-15-4-3-13(9-16(15)19)10-17(23)22-8-5-20-11-14(22)12-21-6-1-2-7-21/h3-4,9,14,20H,1-2,5-8,10-12H2. The average Bonchev–Trinajstić information content (AvgIpc) is 3.04. The van der Waals surface area contributed by atoms with Gasteiger partial charge in [0.15, 0.2) is 0 Å². The number of amides is 1. The summed E-state index contributed by atoms with van der Waals surface area (Å²) in [6.07, 6.45) is 2.93. The minimum absolute atomic E-state index is 0.175. The van der Waals surface area contributed by atoms with Crippen LogP contribution < -0.4 is 5.32 Å². The molecule has 1 atom stereocenters. The molecular formula is C17H23Cl2N3O. The summed E-state index contributed by atoms with van der Waals surface area (Å²) in [7, 11) is 0. The zero-order valence-corrected chi connectivity index (χ0v) is 14.7. The van der Waals surface area contributed by atoms with Gasteiger partial charge in [0, 0.05) is 26.2 Å². The summed E-state index contributed by atoms with van der Waals surface area (Å²) in [5.41, 5.74) is 0.919. The molecular weight excluding hydrogens is 333 g/mol. The fraction of sp³-hybridized carbons (Fsp3) is 0.588. The molecule has 2 heterocycles. The summed E-state index contributed by atoms with van der Waals surface area (Å²) < 4.78 is 0. The number of nitrogens with zero attached hydrogens (tertiary/aromatic N) is 2. The second-order valence-electron chi connectivity index (χ2n) is 6.38. The highest BCUT2D eigenvalue weighted by molar-refractivity contribution is 6.42. The number of rotatable bonds is 4. The first kappa shape index (κ1) is 17.0. The van der Waals surface area contributed by atoms with Crippen molar-refractivity contribution < 1.29 is 4.79 Å². The minimum Gasteiger partial charge on any atom is -0.336 e. The summed E-state index contributed by atoms with van der Waals surface area (Å²) in [6.45, 7) is 5.81. The number of nitrogens with one attached hydrogen (secondary N) is 1. The Morgan fingerprint density at radius 2 is 1.96 bits per heavy atom. The van der Waals surface area contributed by atoms with E-state index < -0.39 is 0 Å². The molecule has 0 bridgehead atoms. The summed E-state index contributed by atoms with van der Waals surface area (Å²) in [6, 6.07) is 5.69. The van der Waals surface area contributed by atoms with Crippen LogP contribution in [0.3, 0.4) is 0 Å². The van der Waals surface area contributed by atoms with Crippen LogP contribution in [0.1, 0.15) is 18.4 Å². The first-order valence-corrected chi connectivity index (χ1v) is 9.05. The van der Waals surface area contributed by atoms with E-state index in [9.17, 15) is 4.79 Å². The third-order valence-electron chi connectivity index (χ3n) is 4.68. The van der Waals surface area contributed by atoms with Crippen molar-refractivity contribution in [2.75, 3.05) is 39.3 Å². The molecule has 0 radical (unpaired) electrons. The highest BCUT2D eigenvalue weighted by Gasteiger charge is 2.28. The Morgan fingerprint density at radius 3 is 2.70 bits per heavy atom. The number of carbonyl (C=O) groups excluding carboxylic acids is 1. The molecule has 2 saturated heterocycles. The maximum absolute atomic E-state index is 12.8. The van der Waals surface area contributed by atoms with Gasteiger partial charge in [-0.1, -0.05) is 29.3 Å². The maximum atomic E-state index is 12.8. The molecule has 6 heteroatoms. The van der Waals surface area contributed by atoms with Crippen molar-refractivity contribution in [3.63, 3.8) is 0 Å². The van der Waals surface area contributed by atoms with Crippen molar-refractivity contribution in [1.82, 2.24) is 15.1 Å². The number of piperazine rings is 1. The van der Waals surface area contributed by atoms with Crippen LogP contribution in [0.2, 0.25) is 10.0 Å². The van der Waals surface area contributed by atoms with Gasteiger partial charge in [0.2, 0.25) is 5.91 Å². The second kappa shape index (κ2) is 7.84. The SMILES string of the molecule is O=C(Cc1ccc(Cl)c(Cl)c1)N1CCNCC1CN1CCCC1. The molecule has 2 fully saturated rings. The van der Waals surface area contributed by atoms with Gasteiger partial charge in [-0.25, -0.2) is 0 Å². The second-order valence-corrected chi connectivity index (χ2v) is 7.19. The monoisotopic (exact) mass is 355 g/mol. The van der Waals surface area contributed by atoms with Crippen molar-refractivity contribution in [2.45, 2.75) is 25.3 Å². The Bertz CT molecular complexity index is 561. The number of benzene rings is 1. The Morgan fingerprint density at radius 1 is 1.17 bits per heavy atom. The third-order valence-corrected chi connectivity index (χ3v) is 5.42. The molecule has 2 aliphatic heterocycles. The van der Waals surface area contributed by atoms with E-state index in [2.05, 4.69) is 10.2 Å². The normalized spacial score (nSPS) is 22.5. The van der Waals surface area contributed by atoms with Crippen molar-refractivity contribution >= 4 is 29.1 Å². The van der Waals surface area contributed by atoms with Gasteiger partial charge >= 0.3 is 0 Å². The van der Waals surface area contributed by atoms with Gasteiger partial charge in [-0.2, -0.15) is 0 Å². The van der Waals surface area contributed by atoms with E-state index in [1.54, 1.807) is 12.1 Å². The van der Waals surface area contributed by atoms with E-state index in [0.29, 0.717) is 16.5 Å². The number of carbonyl (C=O) groups is 1. The largest absolute Gasteiger partial charge is 0.336 e. The molecule has 1 aromatic rings. The van der Waals surface area contributed by atoms with Crippen LogP contribution in [0.25, 0.3) is 0 Å². The molecule has 0 spiro atoms. The Balaban J connectivity index is 1.64. The van der Waals surface area contributed by atoms with E-state index in [0.717, 1.165) is 44.8 Å². The molecule has 126 valence electrons. The zero-order valence-electron chi connectivity index (χ0n) is 13.2. The van der Waals surface area contributed by atoms with Crippen molar-refractivity contribution in [2.24, 2.45) is 0 Å². The molecule has 1 aromatic carbocycles. The van der Waals surface area contributed by atoms with Gasteiger partial charge in [-0.3, -0.25) is 4.79 Å². The molecule has 23 heavy (non-hydrogen) atoms. The first-order valence-electron chi connectivity index (χ1n) is 8.30. The van der Waals surface area contributed by atoms with Crippen molar-refractivity contribution in [3.8, 4) is 0 Å². The van der Waals surface area contributed by atoms with E-state index in [1.165, 1.54) is 12.8 Å². The zero-order chi connectivity index (χ0) is 16.2. The molecule has 0 aliphatic carbocycles. The lowest BCUT2D eigenvalue weighted by Crippen LogP contribution is -2.57. The van der Waals surface area contributed by atoms with Crippen LogP contribution in [-0.4, -0.2) is 61.0 Å². The van der Waals surface area contributed by atoms with Crippen LogP contribution >= 0.6 is 23.2 Å². The van der Waals surface area contributed by atoms with Crippen LogP contribution in [0.15, 0.2) is 18.2 Å². The average molecular weight is 356 g/mol. The highest BCUT2D eigenvalue weighted by atomic mass is 35.5. The van der Waals surface area contributed by atoms with Gasteiger partial charge in [-0.05, 0) is 43.6 Å². The van der Waals surface area contributed by atoms with Crippen LogP contribution in [0.5, 0.6) is 0 Å². The number of hydrogen-bond acceptors (Lipinski definition) is 3. The fourth-order valence-corrected chi connectivity index (χ4v) is 3.76. The van der Waals surface area contributed by atoms with Gasteiger partial charge in [0.05, 0.1) is 22.5 Å². The molecule has 1 amide bonds. The van der Waals surface area contributed by atoms with Crippen molar-refractivity contribution in [1.29, 1.82) is 0 Å². The van der Waals surface area contributed by atoms with E-state index >= 15 is 0 Å². The first-order chi connectivity index (χ1) is 11.1. The predicted molar refractivity (Wildman–Crippen MR) is 94.2 cm³/mol. The lowest BCUT2D eigenvalue weighted by molar-refractivity contribution is -0.134. The van der Waals surface area contributed by atoms with Gasteiger partial charge in [0.25, 0.3) is 0 Å². The number of likely N-dealkylation sites (tertiary alicyclic amines) is 1. The van der Waals surface area contributed by atoms with E-state index in [4.69, 9.17) is 23.2 Å². The Kier molecular flexibility index (Phi) is 5.81. The molecule has 3 rings (SSSR count). The Labute approximate surface area is 147 Å². The lowest BCUT2D eigenvalue weighted by atomic mass is 10.1. The minimum atomic E-state index is 0.175. The van der Waals surface area contributed by atoms with Crippen LogP contribution in [-0.2, 0) is 11.2 Å². The molecule has 1 N–H and O–H groups in total. The number of halogens is 2. The predicted octanol–water partition coefficient (Wildman–Crippen LogP) is 2.43.